The van der Waals surface area contributed by atoms with Gasteiger partial charge in [-0.2, -0.15) is 4.57 Å². The van der Waals surface area contributed by atoms with Gasteiger partial charge in [-0.15, -0.1) is 0 Å². The summed E-state index contributed by atoms with van der Waals surface area (Å²) < 4.78 is 7.12. The van der Waals surface area contributed by atoms with Crippen LogP contribution in [0.15, 0.2) is 6.20 Å². The molecule has 1 heterocycles. The van der Waals surface area contributed by atoms with Crippen molar-refractivity contribution in [1.82, 2.24) is 9.55 Å². The maximum absolute atomic E-state index is 11.1. The third-order valence-electron chi connectivity index (χ3n) is 3.99. The molecule has 2 unspecified atom stereocenters. The second kappa shape index (κ2) is 6.72. The van der Waals surface area contributed by atoms with Gasteiger partial charge >= 0.3 is 11.8 Å². The van der Waals surface area contributed by atoms with Crippen molar-refractivity contribution < 1.29 is 19.4 Å². The maximum Gasteiger partial charge on any atom is 0.441 e. The number of aromatic nitrogens is 2. The largest absolute Gasteiger partial charge is 0.441 e. The van der Waals surface area contributed by atoms with Gasteiger partial charge in [0.2, 0.25) is 8.32 Å². The van der Waals surface area contributed by atoms with Crippen molar-refractivity contribution in [3.05, 3.63) is 26.4 Å². The van der Waals surface area contributed by atoms with Crippen LogP contribution in [0.1, 0.15) is 40.3 Å². The number of nitrogens with zero attached hydrogens (tertiary/aromatic N) is 4. The molecule has 0 spiro atoms. The van der Waals surface area contributed by atoms with Crippen molar-refractivity contribution in [1.29, 1.82) is 0 Å². The van der Waals surface area contributed by atoms with E-state index >= 15 is 0 Å². The van der Waals surface area contributed by atoms with Gasteiger partial charge < -0.3 is 29.8 Å². The summed E-state index contributed by atoms with van der Waals surface area (Å²) in [7, 11) is -2.65. The molecule has 1 aromatic rings. The van der Waals surface area contributed by atoms with E-state index in [0.29, 0.717) is 6.42 Å². The highest BCUT2D eigenvalue weighted by atomic mass is 28.4. The van der Waals surface area contributed by atoms with Crippen molar-refractivity contribution in [2.24, 2.45) is 0 Å². The molecular weight excluding hydrogens is 324 g/mol. The Hall–Kier alpha value is -1.85. The van der Waals surface area contributed by atoms with Crippen LogP contribution in [0.25, 0.3) is 0 Å². The van der Waals surface area contributed by atoms with Gasteiger partial charge in [0, 0.05) is 6.42 Å². The lowest BCUT2D eigenvalue weighted by Crippen LogP contribution is -2.49. The van der Waals surface area contributed by atoms with Crippen LogP contribution in [0, 0.1) is 20.2 Å². The molecule has 1 N–H and O–H groups in total. The van der Waals surface area contributed by atoms with Gasteiger partial charge in [-0.1, -0.05) is 27.7 Å². The Labute approximate surface area is 134 Å². The van der Waals surface area contributed by atoms with E-state index in [0.717, 1.165) is 10.8 Å². The van der Waals surface area contributed by atoms with Gasteiger partial charge in [0.1, 0.15) is 0 Å². The molecule has 0 aromatic carbocycles. The quantitative estimate of drug-likeness (QED) is 0.455. The van der Waals surface area contributed by atoms with Gasteiger partial charge in [-0.25, -0.2) is 0 Å². The van der Waals surface area contributed by atoms with E-state index in [-0.39, 0.29) is 11.3 Å². The number of hydrogen-bond acceptors (Lipinski definition) is 7. The minimum Gasteiger partial charge on any atom is -0.397 e. The standard InChI is InChI=1S/C12H22N4O6Si/c1-6-10(22-23(5,8-17)12(2,3)4)14-7-9(15(18)19)13-11(14)16(20)21/h7,10,17H,6,8H2,1-5H3. The van der Waals surface area contributed by atoms with Crippen LogP contribution in [-0.2, 0) is 4.43 Å². The first-order valence-electron chi connectivity index (χ1n) is 7.13. The van der Waals surface area contributed by atoms with Crippen LogP contribution in [0.5, 0.6) is 0 Å². The molecule has 2 atom stereocenters. The van der Waals surface area contributed by atoms with Crippen LogP contribution in [0.4, 0.5) is 11.8 Å². The normalized spacial score (nSPS) is 15.9. The Morgan fingerprint density at radius 2 is 1.96 bits per heavy atom. The van der Waals surface area contributed by atoms with Gasteiger partial charge in [-0.3, -0.25) is 0 Å². The molecular formula is C12H22N4O6Si. The van der Waals surface area contributed by atoms with Gasteiger partial charge in [0.25, 0.3) is 0 Å². The van der Waals surface area contributed by atoms with Crippen molar-refractivity contribution in [3.63, 3.8) is 0 Å². The smallest absolute Gasteiger partial charge is 0.397 e. The fourth-order valence-corrected chi connectivity index (χ4v) is 3.68. The van der Waals surface area contributed by atoms with E-state index in [1.54, 1.807) is 6.92 Å². The number of hydrogen-bond donors (Lipinski definition) is 1. The molecule has 0 bridgehead atoms. The van der Waals surface area contributed by atoms with Crippen molar-refractivity contribution in [3.8, 4) is 0 Å². The first kappa shape index (κ1) is 19.2. The molecule has 0 aliphatic carbocycles. The summed E-state index contributed by atoms with van der Waals surface area (Å²) in [5, 5.41) is 31.4. The van der Waals surface area contributed by atoms with Crippen LogP contribution < -0.4 is 0 Å². The van der Waals surface area contributed by atoms with E-state index in [1.165, 1.54) is 0 Å². The van der Waals surface area contributed by atoms with E-state index in [4.69, 9.17) is 4.43 Å². The number of nitro groups is 2. The highest BCUT2D eigenvalue weighted by Gasteiger charge is 2.45. The highest BCUT2D eigenvalue weighted by molar-refractivity contribution is 6.75. The molecule has 1 rings (SSSR count). The number of imidazole rings is 1. The summed E-state index contributed by atoms with van der Waals surface area (Å²) >= 11 is 0. The minimum absolute atomic E-state index is 0.169. The zero-order valence-electron chi connectivity index (χ0n) is 13.8. The van der Waals surface area contributed by atoms with Gasteiger partial charge in [-0.05, 0) is 26.4 Å². The molecule has 0 saturated heterocycles. The summed E-state index contributed by atoms with van der Waals surface area (Å²) in [4.78, 5) is 23.8. The average molecular weight is 346 g/mol. The lowest BCUT2D eigenvalue weighted by atomic mass is 10.2. The molecule has 10 nitrogen and oxygen atoms in total. The fourth-order valence-electron chi connectivity index (χ4n) is 1.89. The predicted molar refractivity (Wildman–Crippen MR) is 84.4 cm³/mol. The molecule has 1 aromatic heterocycles. The lowest BCUT2D eigenvalue weighted by Gasteiger charge is -2.39. The Morgan fingerprint density at radius 1 is 1.39 bits per heavy atom. The topological polar surface area (TPSA) is 134 Å². The second-order valence-corrected chi connectivity index (χ2v) is 11.0. The van der Waals surface area contributed by atoms with Crippen LogP contribution in [0.2, 0.25) is 11.6 Å². The zero-order valence-corrected chi connectivity index (χ0v) is 14.8. The number of aliphatic hydroxyl groups is 1. The summed E-state index contributed by atoms with van der Waals surface area (Å²) in [6.45, 7) is 9.34. The Kier molecular flexibility index (Phi) is 5.61. The minimum atomic E-state index is -2.65. The van der Waals surface area contributed by atoms with Crippen LogP contribution in [-0.4, -0.2) is 39.1 Å². The third-order valence-corrected chi connectivity index (χ3v) is 8.56. The van der Waals surface area contributed by atoms with Crippen molar-refractivity contribution in [2.45, 2.75) is 51.9 Å². The summed E-state index contributed by atoms with van der Waals surface area (Å²) in [5.41, 5.74) is 0. The van der Waals surface area contributed by atoms with Crippen molar-refractivity contribution >= 4 is 20.1 Å². The SMILES string of the molecule is CCC(O[Si](C)(CO)C(C)(C)C)n1cc([N+](=O)[O-])nc1[N+](=O)[O-]. The Balaban J connectivity index is 3.30. The zero-order chi connectivity index (χ0) is 18.0. The van der Waals surface area contributed by atoms with E-state index in [9.17, 15) is 25.3 Å². The second-order valence-electron chi connectivity index (χ2n) is 6.44. The van der Waals surface area contributed by atoms with E-state index in [1.807, 2.05) is 27.3 Å². The Morgan fingerprint density at radius 3 is 2.30 bits per heavy atom. The number of rotatable bonds is 7. The monoisotopic (exact) mass is 346 g/mol. The third kappa shape index (κ3) is 3.92. The van der Waals surface area contributed by atoms with Gasteiger partial charge in [0.15, 0.2) is 12.4 Å². The van der Waals surface area contributed by atoms with E-state index < -0.39 is 36.2 Å². The lowest BCUT2D eigenvalue weighted by molar-refractivity contribution is -0.404. The molecule has 130 valence electrons. The van der Waals surface area contributed by atoms with Crippen molar-refractivity contribution in [2.75, 3.05) is 6.23 Å². The van der Waals surface area contributed by atoms with Gasteiger partial charge in [0.05, 0.1) is 6.23 Å². The van der Waals surface area contributed by atoms with Crippen LogP contribution in [0.3, 0.4) is 0 Å². The molecule has 0 amide bonds. The fraction of sp³-hybridized carbons (Fsp3) is 0.750. The number of aliphatic hydroxyl groups excluding tert-OH is 1. The first-order chi connectivity index (χ1) is 10.5. The average Bonchev–Trinajstić information content (AvgIpc) is 2.88. The predicted octanol–water partition coefficient (Wildman–Crippen LogP) is 2.53. The summed E-state index contributed by atoms with van der Waals surface area (Å²) in [6.07, 6.45) is 0.367. The molecule has 11 heteroatoms. The first-order valence-corrected chi connectivity index (χ1v) is 9.74. The maximum atomic E-state index is 11.1. The molecule has 23 heavy (non-hydrogen) atoms. The Bertz CT molecular complexity index is 599. The highest BCUT2D eigenvalue weighted by Crippen LogP contribution is 2.40. The summed E-state index contributed by atoms with van der Waals surface area (Å²) in [5.74, 6) is -1.26. The molecule has 0 aliphatic rings. The molecule has 0 radical (unpaired) electrons. The molecule has 0 aliphatic heterocycles. The van der Waals surface area contributed by atoms with E-state index in [2.05, 4.69) is 4.98 Å². The molecule has 0 fully saturated rings. The van der Waals surface area contributed by atoms with Crippen LogP contribution >= 0.6 is 0 Å². The molecule has 0 saturated carbocycles. The summed E-state index contributed by atoms with van der Waals surface area (Å²) in [6, 6.07) is 0.